The monoisotopic (exact) mass is 297 g/mol. The van der Waals surface area contributed by atoms with Gasteiger partial charge in [-0.2, -0.15) is 0 Å². The molecular weight excluding hydrogens is 274 g/mol. The largest absolute Gasteiger partial charge is 0.397 e. The predicted octanol–water partition coefficient (Wildman–Crippen LogP) is 2.52. The van der Waals surface area contributed by atoms with Crippen LogP contribution in [0.5, 0.6) is 0 Å². The van der Waals surface area contributed by atoms with Crippen LogP contribution in [-0.2, 0) is 0 Å². The Balaban J connectivity index is 3.37. The highest BCUT2D eigenvalue weighted by molar-refractivity contribution is 7.19. The van der Waals surface area contributed by atoms with Crippen molar-refractivity contribution in [1.29, 1.82) is 0 Å². The maximum Gasteiger partial charge on any atom is 0.256 e. The van der Waals surface area contributed by atoms with E-state index in [0.29, 0.717) is 16.1 Å². The summed E-state index contributed by atoms with van der Waals surface area (Å²) in [5.74, 6) is -0.338. The fourth-order valence-electron chi connectivity index (χ4n) is 2.11. The number of nitrogens with two attached hydrogens (primary N) is 1. The molecule has 1 heterocycles. The zero-order valence-electron chi connectivity index (χ0n) is 12.6. The molecule has 0 bridgehead atoms. The number of carbonyl (C=O) groups is 2. The number of anilines is 2. The first kappa shape index (κ1) is 16.5. The Bertz CT molecular complexity index is 491. The molecule has 1 aromatic rings. The number of hydrogen-bond donors (Lipinski definition) is 2. The van der Waals surface area contributed by atoms with Gasteiger partial charge in [0.25, 0.3) is 5.91 Å². The van der Waals surface area contributed by atoms with Crippen LogP contribution in [-0.4, -0.2) is 31.8 Å². The number of nitrogens with one attached hydrogen (secondary N) is 1. The van der Waals surface area contributed by atoms with Gasteiger partial charge in [0.1, 0.15) is 5.00 Å². The van der Waals surface area contributed by atoms with Gasteiger partial charge in [0.2, 0.25) is 0 Å². The third-order valence-corrected chi connectivity index (χ3v) is 4.34. The maximum absolute atomic E-state index is 12.1. The number of nitrogens with zero attached hydrogens (tertiary/aromatic N) is 1. The van der Waals surface area contributed by atoms with Crippen LogP contribution in [0.2, 0.25) is 0 Å². The Morgan fingerprint density at radius 3 is 2.20 bits per heavy atom. The van der Waals surface area contributed by atoms with Gasteiger partial charge >= 0.3 is 0 Å². The van der Waals surface area contributed by atoms with Crippen molar-refractivity contribution in [3.05, 3.63) is 10.4 Å². The van der Waals surface area contributed by atoms with Crippen molar-refractivity contribution in [1.82, 2.24) is 5.32 Å². The Kier molecular flexibility index (Phi) is 6.01. The molecule has 112 valence electrons. The smallest absolute Gasteiger partial charge is 0.256 e. The van der Waals surface area contributed by atoms with Crippen molar-refractivity contribution >= 4 is 33.7 Å². The molecular formula is C14H23N3O2S. The highest BCUT2D eigenvalue weighted by Crippen LogP contribution is 2.38. The molecule has 20 heavy (non-hydrogen) atoms. The van der Waals surface area contributed by atoms with Gasteiger partial charge in [0, 0.05) is 27.1 Å². The predicted molar refractivity (Wildman–Crippen MR) is 84.9 cm³/mol. The lowest BCUT2D eigenvalue weighted by atomic mass is 10.2. The first-order chi connectivity index (χ1) is 9.47. The van der Waals surface area contributed by atoms with E-state index in [2.05, 4.69) is 24.1 Å². The fraction of sp³-hybridized carbons (Fsp3) is 0.571. The average molecular weight is 297 g/mol. The van der Waals surface area contributed by atoms with Crippen LogP contribution in [0, 0.1) is 0 Å². The standard InChI is InChI=1S/C14H23N3O2S/c1-5-7-17(8-6-2)14-10(13(19)16-4)11(15)12(20-14)9(3)18/h5-8,15H2,1-4H3,(H,16,19). The third-order valence-electron chi connectivity index (χ3n) is 2.97. The first-order valence-electron chi connectivity index (χ1n) is 6.88. The summed E-state index contributed by atoms with van der Waals surface area (Å²) in [5.41, 5.74) is 6.75. The van der Waals surface area contributed by atoms with Gasteiger partial charge in [-0.1, -0.05) is 13.8 Å². The quantitative estimate of drug-likeness (QED) is 0.758. The van der Waals surface area contributed by atoms with Gasteiger partial charge in [-0.25, -0.2) is 0 Å². The number of Topliss-reactive ketones (excluding diaryl/α,β-unsaturated/α-hetero) is 1. The molecule has 0 aliphatic heterocycles. The van der Waals surface area contributed by atoms with E-state index in [0.717, 1.165) is 30.9 Å². The molecule has 0 saturated carbocycles. The van der Waals surface area contributed by atoms with Crippen LogP contribution in [0.4, 0.5) is 10.7 Å². The van der Waals surface area contributed by atoms with Gasteiger partial charge in [-0.05, 0) is 12.8 Å². The summed E-state index contributed by atoms with van der Waals surface area (Å²) in [5, 5.41) is 3.41. The molecule has 0 fully saturated rings. The van der Waals surface area contributed by atoms with Crippen molar-refractivity contribution in [2.75, 3.05) is 30.8 Å². The molecule has 0 radical (unpaired) electrons. The van der Waals surface area contributed by atoms with Crippen LogP contribution < -0.4 is 16.0 Å². The molecule has 0 aliphatic rings. The normalized spacial score (nSPS) is 10.4. The molecule has 6 heteroatoms. The zero-order chi connectivity index (χ0) is 15.3. The second-order valence-corrected chi connectivity index (χ2v) is 5.65. The molecule has 1 amide bonds. The Hall–Kier alpha value is -1.56. The topological polar surface area (TPSA) is 75.4 Å². The number of thiophene rings is 1. The van der Waals surface area contributed by atoms with E-state index in [9.17, 15) is 9.59 Å². The van der Waals surface area contributed by atoms with Gasteiger partial charge < -0.3 is 16.0 Å². The molecule has 0 saturated heterocycles. The van der Waals surface area contributed by atoms with Crippen LogP contribution >= 0.6 is 11.3 Å². The van der Waals surface area contributed by atoms with E-state index in [4.69, 9.17) is 5.73 Å². The van der Waals surface area contributed by atoms with Crippen LogP contribution in [0.15, 0.2) is 0 Å². The number of ketones is 1. The summed E-state index contributed by atoms with van der Waals surface area (Å²) in [6.45, 7) is 7.34. The van der Waals surface area contributed by atoms with E-state index in [1.54, 1.807) is 7.05 Å². The molecule has 0 atom stereocenters. The summed E-state index contributed by atoms with van der Waals surface area (Å²) in [6, 6.07) is 0. The highest BCUT2D eigenvalue weighted by Gasteiger charge is 2.26. The van der Waals surface area contributed by atoms with Crippen LogP contribution in [0.25, 0.3) is 0 Å². The second kappa shape index (κ2) is 7.28. The minimum absolute atomic E-state index is 0.100. The number of amides is 1. The lowest BCUT2D eigenvalue weighted by molar-refractivity contribution is 0.0964. The Morgan fingerprint density at radius 2 is 1.80 bits per heavy atom. The van der Waals surface area contributed by atoms with Gasteiger partial charge in [-0.3, -0.25) is 9.59 Å². The molecule has 1 aromatic heterocycles. The molecule has 0 aliphatic carbocycles. The molecule has 5 nitrogen and oxygen atoms in total. The van der Waals surface area contributed by atoms with Gasteiger partial charge in [0.15, 0.2) is 5.78 Å². The van der Waals surface area contributed by atoms with E-state index < -0.39 is 0 Å². The SMILES string of the molecule is CCCN(CCC)c1sc(C(C)=O)c(N)c1C(=O)NC. The fourth-order valence-corrected chi connectivity index (χ4v) is 3.28. The molecule has 0 spiro atoms. The lowest BCUT2D eigenvalue weighted by Gasteiger charge is -2.23. The summed E-state index contributed by atoms with van der Waals surface area (Å²) in [6.07, 6.45) is 1.95. The third kappa shape index (κ3) is 3.30. The highest BCUT2D eigenvalue weighted by atomic mass is 32.1. The molecule has 3 N–H and O–H groups in total. The van der Waals surface area contributed by atoms with E-state index in [-0.39, 0.29) is 11.7 Å². The van der Waals surface area contributed by atoms with Crippen molar-refractivity contribution in [3.63, 3.8) is 0 Å². The number of nitrogen functional groups attached to an aromatic ring is 1. The Labute approximate surface area is 124 Å². The number of carbonyl (C=O) groups excluding carboxylic acids is 2. The maximum atomic E-state index is 12.1. The van der Waals surface area contributed by atoms with Crippen molar-refractivity contribution < 1.29 is 9.59 Å². The lowest BCUT2D eigenvalue weighted by Crippen LogP contribution is -2.28. The van der Waals surface area contributed by atoms with Gasteiger partial charge in [0.05, 0.1) is 16.1 Å². The minimum atomic E-state index is -0.238. The summed E-state index contributed by atoms with van der Waals surface area (Å²) < 4.78 is 0. The van der Waals surface area contributed by atoms with Crippen molar-refractivity contribution in [2.45, 2.75) is 33.6 Å². The van der Waals surface area contributed by atoms with Crippen LogP contribution in [0.1, 0.15) is 53.6 Å². The second-order valence-electron chi connectivity index (χ2n) is 4.65. The molecule has 0 aromatic carbocycles. The summed E-state index contributed by atoms with van der Waals surface area (Å²) >= 11 is 1.32. The minimum Gasteiger partial charge on any atom is -0.397 e. The summed E-state index contributed by atoms with van der Waals surface area (Å²) in [4.78, 5) is 26.3. The zero-order valence-corrected chi connectivity index (χ0v) is 13.4. The average Bonchev–Trinajstić information content (AvgIpc) is 2.75. The van der Waals surface area contributed by atoms with Crippen molar-refractivity contribution in [3.8, 4) is 0 Å². The molecule has 0 unspecified atom stereocenters. The van der Waals surface area contributed by atoms with E-state index in [1.807, 2.05) is 0 Å². The van der Waals surface area contributed by atoms with Crippen LogP contribution in [0.3, 0.4) is 0 Å². The van der Waals surface area contributed by atoms with E-state index >= 15 is 0 Å². The molecule has 1 rings (SSSR count). The van der Waals surface area contributed by atoms with Crippen molar-refractivity contribution in [2.24, 2.45) is 0 Å². The number of rotatable bonds is 7. The number of hydrogen-bond acceptors (Lipinski definition) is 5. The van der Waals surface area contributed by atoms with Gasteiger partial charge in [-0.15, -0.1) is 11.3 Å². The summed E-state index contributed by atoms with van der Waals surface area (Å²) in [7, 11) is 1.57. The first-order valence-corrected chi connectivity index (χ1v) is 7.69. The Morgan fingerprint density at radius 1 is 1.25 bits per heavy atom. The van der Waals surface area contributed by atoms with E-state index in [1.165, 1.54) is 18.3 Å².